The molecule has 1 rings (SSSR count). The molecule has 76 valence electrons. The lowest BCUT2D eigenvalue weighted by Gasteiger charge is -2.04. The van der Waals surface area contributed by atoms with Crippen molar-refractivity contribution in [3.8, 4) is 0 Å². The second-order valence-corrected chi connectivity index (χ2v) is 4.69. The number of aryl methyl sites for hydroxylation is 1. The van der Waals surface area contributed by atoms with Crippen LogP contribution in [0.3, 0.4) is 0 Å². The Morgan fingerprint density at radius 3 is 2.71 bits per heavy atom. The summed E-state index contributed by atoms with van der Waals surface area (Å²) in [4.78, 5) is 14.7. The summed E-state index contributed by atoms with van der Waals surface area (Å²) in [5, 5.41) is 0.842. The van der Waals surface area contributed by atoms with Crippen LogP contribution in [0.5, 0.6) is 0 Å². The lowest BCUT2D eigenvalue weighted by atomic mass is 10.2. The zero-order valence-electron chi connectivity index (χ0n) is 7.80. The van der Waals surface area contributed by atoms with Crippen molar-refractivity contribution < 1.29 is 4.79 Å². The highest BCUT2D eigenvalue weighted by Gasteiger charge is 2.07. The van der Waals surface area contributed by atoms with Gasteiger partial charge in [0.25, 0.3) is 0 Å². The van der Waals surface area contributed by atoms with Crippen molar-refractivity contribution in [3.05, 3.63) is 27.5 Å². The predicted octanol–water partition coefficient (Wildman–Crippen LogP) is 3.48. The van der Waals surface area contributed by atoms with Crippen molar-refractivity contribution in [2.45, 2.75) is 19.6 Å². The molecule has 0 radical (unpaired) electrons. The van der Waals surface area contributed by atoms with Crippen molar-refractivity contribution in [2.24, 2.45) is 0 Å². The van der Waals surface area contributed by atoms with E-state index >= 15 is 0 Å². The Morgan fingerprint density at radius 2 is 2.14 bits per heavy atom. The highest BCUT2D eigenvalue weighted by Crippen LogP contribution is 2.24. The number of pyridine rings is 1. The summed E-state index contributed by atoms with van der Waals surface area (Å²) in [5.74, 6) is 0.541. The Bertz CT molecular complexity index is 368. The normalized spacial score (nSPS) is 10.3. The second-order valence-electron chi connectivity index (χ2n) is 2.83. The Hall–Kier alpha value is -0.250. The van der Waals surface area contributed by atoms with Gasteiger partial charge < -0.3 is 0 Å². The van der Waals surface area contributed by atoms with Crippen LogP contribution in [-0.4, -0.2) is 10.1 Å². The van der Waals surface area contributed by atoms with E-state index in [1.807, 2.05) is 13.0 Å². The molecule has 1 aromatic heterocycles. The SMILES string of the molecule is CC(=O)SCc1cc(C)c(Cl)nc1Cl. The molecule has 0 aliphatic rings. The van der Waals surface area contributed by atoms with Crippen LogP contribution in [0.4, 0.5) is 0 Å². The first-order chi connectivity index (χ1) is 6.50. The predicted molar refractivity (Wildman–Crippen MR) is 61.0 cm³/mol. The molecule has 0 bridgehead atoms. The van der Waals surface area contributed by atoms with Crippen molar-refractivity contribution in [1.29, 1.82) is 0 Å². The molecule has 0 N–H and O–H groups in total. The maximum absolute atomic E-state index is 10.8. The smallest absolute Gasteiger partial charge is 0.186 e. The highest BCUT2D eigenvalue weighted by molar-refractivity contribution is 8.12. The molecular weight excluding hydrogens is 241 g/mol. The summed E-state index contributed by atoms with van der Waals surface area (Å²) in [6, 6.07) is 1.85. The Labute approximate surface area is 97.0 Å². The lowest BCUT2D eigenvalue weighted by Crippen LogP contribution is -1.92. The fourth-order valence-electron chi connectivity index (χ4n) is 0.907. The van der Waals surface area contributed by atoms with Gasteiger partial charge >= 0.3 is 0 Å². The molecule has 0 atom stereocenters. The Kier molecular flexibility index (Phi) is 4.23. The second kappa shape index (κ2) is 5.01. The van der Waals surface area contributed by atoms with Gasteiger partial charge in [0.05, 0.1) is 0 Å². The Balaban J connectivity index is 2.87. The van der Waals surface area contributed by atoms with Crippen LogP contribution in [0.25, 0.3) is 0 Å². The first-order valence-corrected chi connectivity index (χ1v) is 5.69. The number of hydrogen-bond donors (Lipinski definition) is 0. The van der Waals surface area contributed by atoms with Gasteiger partial charge in [-0.05, 0) is 18.6 Å². The summed E-state index contributed by atoms with van der Waals surface area (Å²) in [6.07, 6.45) is 0. The maximum Gasteiger partial charge on any atom is 0.186 e. The van der Waals surface area contributed by atoms with Crippen LogP contribution < -0.4 is 0 Å². The molecule has 0 aromatic carbocycles. The highest BCUT2D eigenvalue weighted by atomic mass is 35.5. The molecule has 0 unspecified atom stereocenters. The number of carbonyl (C=O) groups is 1. The Morgan fingerprint density at radius 1 is 1.50 bits per heavy atom. The molecular formula is C9H9Cl2NOS. The van der Waals surface area contributed by atoms with Crippen molar-refractivity contribution in [1.82, 2.24) is 4.98 Å². The van der Waals surface area contributed by atoms with Gasteiger partial charge in [0, 0.05) is 18.2 Å². The maximum atomic E-state index is 10.8. The number of rotatable bonds is 2. The molecule has 0 aliphatic carbocycles. The fourth-order valence-corrected chi connectivity index (χ4v) is 1.95. The first-order valence-electron chi connectivity index (χ1n) is 3.95. The third-order valence-electron chi connectivity index (χ3n) is 1.61. The number of halogens is 2. The van der Waals surface area contributed by atoms with Crippen LogP contribution in [0.2, 0.25) is 10.3 Å². The third kappa shape index (κ3) is 3.15. The van der Waals surface area contributed by atoms with E-state index in [1.54, 1.807) is 0 Å². The van der Waals surface area contributed by atoms with Gasteiger partial charge in [-0.25, -0.2) is 4.98 Å². The van der Waals surface area contributed by atoms with Crippen LogP contribution in [-0.2, 0) is 10.5 Å². The minimum absolute atomic E-state index is 0.0636. The summed E-state index contributed by atoms with van der Waals surface area (Å²) in [7, 11) is 0. The lowest BCUT2D eigenvalue weighted by molar-refractivity contribution is -0.109. The molecule has 14 heavy (non-hydrogen) atoms. The average molecular weight is 250 g/mol. The zero-order valence-corrected chi connectivity index (χ0v) is 10.1. The molecule has 5 heteroatoms. The molecule has 0 saturated heterocycles. The number of hydrogen-bond acceptors (Lipinski definition) is 3. The van der Waals surface area contributed by atoms with Crippen molar-refractivity contribution in [3.63, 3.8) is 0 Å². The van der Waals surface area contributed by atoms with Crippen molar-refractivity contribution in [2.75, 3.05) is 0 Å². The monoisotopic (exact) mass is 249 g/mol. The summed E-state index contributed by atoms with van der Waals surface area (Å²) >= 11 is 12.9. The molecule has 0 spiro atoms. The zero-order chi connectivity index (χ0) is 10.7. The van der Waals surface area contributed by atoms with E-state index in [4.69, 9.17) is 23.2 Å². The number of carbonyl (C=O) groups excluding carboxylic acids is 1. The van der Waals surface area contributed by atoms with Gasteiger partial charge in [0.1, 0.15) is 10.3 Å². The van der Waals surface area contributed by atoms with Gasteiger partial charge in [-0.3, -0.25) is 4.79 Å². The van der Waals surface area contributed by atoms with Crippen LogP contribution in [0.15, 0.2) is 6.07 Å². The van der Waals surface area contributed by atoms with E-state index < -0.39 is 0 Å². The van der Waals surface area contributed by atoms with E-state index in [-0.39, 0.29) is 5.12 Å². The van der Waals surface area contributed by atoms with Gasteiger partial charge in [0.2, 0.25) is 0 Å². The molecule has 1 heterocycles. The molecule has 0 saturated carbocycles. The topological polar surface area (TPSA) is 30.0 Å². The van der Waals surface area contributed by atoms with Gasteiger partial charge in [0.15, 0.2) is 5.12 Å². The molecule has 1 aromatic rings. The summed E-state index contributed by atoms with van der Waals surface area (Å²) < 4.78 is 0. The average Bonchev–Trinajstić information content (AvgIpc) is 2.09. The molecule has 0 amide bonds. The quantitative estimate of drug-likeness (QED) is 0.752. The van der Waals surface area contributed by atoms with E-state index in [0.29, 0.717) is 16.1 Å². The molecule has 2 nitrogen and oxygen atoms in total. The minimum Gasteiger partial charge on any atom is -0.288 e. The standard InChI is InChI=1S/C9H9Cl2NOS/c1-5-3-7(4-14-6(2)13)9(11)12-8(5)10/h3H,4H2,1-2H3. The van der Waals surface area contributed by atoms with E-state index in [9.17, 15) is 4.79 Å². The molecule has 0 fully saturated rings. The number of nitrogens with zero attached hydrogens (tertiary/aromatic N) is 1. The van der Waals surface area contributed by atoms with E-state index in [1.165, 1.54) is 18.7 Å². The largest absolute Gasteiger partial charge is 0.288 e. The van der Waals surface area contributed by atoms with Crippen LogP contribution >= 0.6 is 35.0 Å². The van der Waals surface area contributed by atoms with Crippen LogP contribution in [0.1, 0.15) is 18.1 Å². The third-order valence-corrected chi connectivity index (χ3v) is 3.18. The minimum atomic E-state index is 0.0636. The van der Waals surface area contributed by atoms with Gasteiger partial charge in [-0.1, -0.05) is 35.0 Å². The number of thioether (sulfide) groups is 1. The van der Waals surface area contributed by atoms with Gasteiger partial charge in [-0.2, -0.15) is 0 Å². The molecule has 0 aliphatic heterocycles. The van der Waals surface area contributed by atoms with E-state index in [0.717, 1.165) is 11.1 Å². The van der Waals surface area contributed by atoms with E-state index in [2.05, 4.69) is 4.98 Å². The number of aromatic nitrogens is 1. The summed E-state index contributed by atoms with van der Waals surface area (Å²) in [5.41, 5.74) is 1.71. The van der Waals surface area contributed by atoms with Crippen molar-refractivity contribution >= 4 is 40.1 Å². The fraction of sp³-hybridized carbons (Fsp3) is 0.333. The summed E-state index contributed by atoms with van der Waals surface area (Å²) in [6.45, 7) is 3.38. The van der Waals surface area contributed by atoms with Crippen LogP contribution in [0, 0.1) is 6.92 Å². The first kappa shape index (κ1) is 11.8. The van der Waals surface area contributed by atoms with Gasteiger partial charge in [-0.15, -0.1) is 0 Å².